The van der Waals surface area contributed by atoms with Gasteiger partial charge in [-0.3, -0.25) is 14.2 Å². The summed E-state index contributed by atoms with van der Waals surface area (Å²) in [6.45, 7) is 0.636. The molecule has 4 rings (SSSR count). The molecule has 0 unspecified atom stereocenters. The summed E-state index contributed by atoms with van der Waals surface area (Å²) in [6, 6.07) is 14.3. The van der Waals surface area contributed by atoms with Gasteiger partial charge in [-0.25, -0.2) is 4.98 Å². The highest BCUT2D eigenvalue weighted by molar-refractivity contribution is 7.99. The average Bonchev–Trinajstić information content (AvgIpc) is 2.78. The Morgan fingerprint density at radius 3 is 2.84 bits per heavy atom. The summed E-state index contributed by atoms with van der Waals surface area (Å²) >= 11 is 7.41. The van der Waals surface area contributed by atoms with E-state index in [0.717, 1.165) is 19.3 Å². The molecule has 1 amide bonds. The molecule has 0 radical (unpaired) electrons. The van der Waals surface area contributed by atoms with E-state index in [4.69, 9.17) is 11.6 Å². The van der Waals surface area contributed by atoms with Gasteiger partial charge in [0.15, 0.2) is 5.16 Å². The Bertz CT molecular complexity index is 1190. The monoisotopic (exact) mass is 453 g/mol. The van der Waals surface area contributed by atoms with Gasteiger partial charge in [0.1, 0.15) is 0 Å². The van der Waals surface area contributed by atoms with E-state index in [2.05, 4.69) is 16.4 Å². The molecular weight excluding hydrogens is 430 g/mol. The Hall–Kier alpha value is -2.57. The molecule has 7 heteroatoms. The fraction of sp³-hybridized carbons (Fsp3) is 0.292. The van der Waals surface area contributed by atoms with Crippen molar-refractivity contribution in [2.75, 3.05) is 12.3 Å². The molecular formula is C24H24ClN3O2S. The van der Waals surface area contributed by atoms with Gasteiger partial charge in [-0.2, -0.15) is 0 Å². The molecule has 31 heavy (non-hydrogen) atoms. The molecule has 160 valence electrons. The van der Waals surface area contributed by atoms with Crippen molar-refractivity contribution in [3.05, 3.63) is 75.6 Å². The summed E-state index contributed by atoms with van der Waals surface area (Å²) in [4.78, 5) is 30.3. The minimum absolute atomic E-state index is 0.0681. The number of nitrogens with one attached hydrogen (secondary N) is 1. The summed E-state index contributed by atoms with van der Waals surface area (Å²) in [6.07, 6.45) is 7.99. The van der Waals surface area contributed by atoms with Crippen molar-refractivity contribution in [3.63, 3.8) is 0 Å². The normalized spacial score (nSPS) is 13.8. The summed E-state index contributed by atoms with van der Waals surface area (Å²) in [5.74, 6) is 0.117. The second kappa shape index (κ2) is 10.2. The van der Waals surface area contributed by atoms with Gasteiger partial charge in [-0.05, 0) is 62.4 Å². The molecule has 1 aliphatic rings. The minimum Gasteiger partial charge on any atom is -0.355 e. The lowest BCUT2D eigenvalue weighted by atomic mass is 9.97. The number of rotatable bonds is 7. The number of halogens is 1. The quantitative estimate of drug-likeness (QED) is 0.305. The van der Waals surface area contributed by atoms with Crippen LogP contribution in [0.2, 0.25) is 5.02 Å². The van der Waals surface area contributed by atoms with Crippen LogP contribution in [0.25, 0.3) is 16.6 Å². The van der Waals surface area contributed by atoms with Gasteiger partial charge in [-0.1, -0.05) is 53.2 Å². The van der Waals surface area contributed by atoms with Gasteiger partial charge < -0.3 is 5.32 Å². The molecule has 1 N–H and O–H groups in total. The van der Waals surface area contributed by atoms with E-state index in [1.807, 2.05) is 18.2 Å². The Balaban J connectivity index is 1.52. The van der Waals surface area contributed by atoms with Gasteiger partial charge in [-0.15, -0.1) is 0 Å². The molecule has 1 heterocycles. The van der Waals surface area contributed by atoms with Crippen molar-refractivity contribution >= 4 is 40.2 Å². The summed E-state index contributed by atoms with van der Waals surface area (Å²) < 4.78 is 1.53. The van der Waals surface area contributed by atoms with Crippen LogP contribution in [0.15, 0.2) is 70.1 Å². The van der Waals surface area contributed by atoms with Crippen molar-refractivity contribution in [1.29, 1.82) is 0 Å². The van der Waals surface area contributed by atoms with Crippen LogP contribution >= 0.6 is 23.4 Å². The maximum Gasteiger partial charge on any atom is 0.266 e. The number of amides is 1. The standard InChI is InChI=1S/C24H24ClN3O2S/c25-18-9-6-10-19(15-18)28-23(30)20-11-4-5-12-21(20)27-24(28)31-16-22(29)26-14-13-17-7-2-1-3-8-17/h4-7,9-12,15H,1-3,8,13-14,16H2,(H,26,29). The molecule has 0 aliphatic heterocycles. The molecule has 0 bridgehead atoms. The number of hydrogen-bond donors (Lipinski definition) is 1. The summed E-state index contributed by atoms with van der Waals surface area (Å²) in [7, 11) is 0. The van der Waals surface area contributed by atoms with Crippen LogP contribution in [0.1, 0.15) is 32.1 Å². The number of allylic oxidation sites excluding steroid dienone is 1. The first-order valence-corrected chi connectivity index (χ1v) is 11.8. The fourth-order valence-corrected chi connectivity index (χ4v) is 4.75. The number of carbonyl (C=O) groups excluding carboxylic acids is 1. The zero-order valence-electron chi connectivity index (χ0n) is 17.1. The first-order valence-electron chi connectivity index (χ1n) is 10.5. The summed E-state index contributed by atoms with van der Waals surface area (Å²) in [5, 5.41) is 4.51. The predicted molar refractivity (Wildman–Crippen MR) is 127 cm³/mol. The van der Waals surface area contributed by atoms with Crippen LogP contribution in [-0.2, 0) is 4.79 Å². The summed E-state index contributed by atoms with van der Waals surface area (Å²) in [5.41, 5.74) is 2.49. The Morgan fingerprint density at radius 2 is 2.03 bits per heavy atom. The number of para-hydroxylation sites is 1. The van der Waals surface area contributed by atoms with Crippen molar-refractivity contribution in [1.82, 2.24) is 14.9 Å². The maximum absolute atomic E-state index is 13.2. The lowest BCUT2D eigenvalue weighted by molar-refractivity contribution is -0.118. The lowest BCUT2D eigenvalue weighted by Gasteiger charge is -2.14. The molecule has 0 saturated heterocycles. The minimum atomic E-state index is -0.181. The maximum atomic E-state index is 13.2. The first kappa shape index (κ1) is 21.7. The highest BCUT2D eigenvalue weighted by Gasteiger charge is 2.15. The van der Waals surface area contributed by atoms with Crippen LogP contribution < -0.4 is 10.9 Å². The largest absolute Gasteiger partial charge is 0.355 e. The van der Waals surface area contributed by atoms with Crippen LogP contribution in [-0.4, -0.2) is 27.8 Å². The number of thioether (sulfide) groups is 1. The SMILES string of the molecule is O=C(CSc1nc2ccccc2c(=O)n1-c1cccc(Cl)c1)NCCC1=CCCCC1. The molecule has 0 atom stereocenters. The third-order valence-electron chi connectivity index (χ3n) is 5.30. The zero-order valence-corrected chi connectivity index (χ0v) is 18.7. The molecule has 3 aromatic rings. The van der Waals surface area contributed by atoms with E-state index in [9.17, 15) is 9.59 Å². The van der Waals surface area contributed by atoms with Crippen molar-refractivity contribution < 1.29 is 4.79 Å². The van der Waals surface area contributed by atoms with E-state index >= 15 is 0 Å². The van der Waals surface area contributed by atoms with Crippen LogP contribution in [0.5, 0.6) is 0 Å². The highest BCUT2D eigenvalue weighted by Crippen LogP contribution is 2.23. The zero-order chi connectivity index (χ0) is 21.6. The van der Waals surface area contributed by atoms with E-state index < -0.39 is 0 Å². The van der Waals surface area contributed by atoms with Crippen molar-refractivity contribution in [2.45, 2.75) is 37.3 Å². The third kappa shape index (κ3) is 5.38. The fourth-order valence-electron chi connectivity index (χ4n) is 3.73. The van der Waals surface area contributed by atoms with Gasteiger partial charge in [0.25, 0.3) is 5.56 Å². The Kier molecular flexibility index (Phi) is 7.10. The molecule has 0 saturated carbocycles. The highest BCUT2D eigenvalue weighted by atomic mass is 35.5. The van der Waals surface area contributed by atoms with Crippen molar-refractivity contribution in [3.8, 4) is 5.69 Å². The van der Waals surface area contributed by atoms with Crippen LogP contribution in [0, 0.1) is 0 Å². The number of aromatic nitrogens is 2. The van der Waals surface area contributed by atoms with Gasteiger partial charge in [0.05, 0.1) is 22.3 Å². The van der Waals surface area contributed by atoms with Crippen LogP contribution in [0.3, 0.4) is 0 Å². The van der Waals surface area contributed by atoms with Crippen LogP contribution in [0.4, 0.5) is 0 Å². The number of fused-ring (bicyclic) bond motifs is 1. The molecule has 0 spiro atoms. The Morgan fingerprint density at radius 1 is 1.16 bits per heavy atom. The lowest BCUT2D eigenvalue weighted by Crippen LogP contribution is -2.27. The number of hydrogen-bond acceptors (Lipinski definition) is 4. The average molecular weight is 454 g/mol. The predicted octanol–water partition coefficient (Wildman–Crippen LogP) is 5.14. The number of carbonyl (C=O) groups is 1. The van der Waals surface area contributed by atoms with E-state index in [0.29, 0.717) is 33.3 Å². The second-order valence-electron chi connectivity index (χ2n) is 7.53. The molecule has 2 aromatic carbocycles. The second-order valence-corrected chi connectivity index (χ2v) is 8.91. The van der Waals surface area contributed by atoms with E-state index in [1.165, 1.54) is 34.7 Å². The third-order valence-corrected chi connectivity index (χ3v) is 6.47. The number of benzene rings is 2. The molecule has 0 fully saturated rings. The number of nitrogens with zero attached hydrogens (tertiary/aromatic N) is 2. The molecule has 5 nitrogen and oxygen atoms in total. The van der Waals surface area contributed by atoms with Gasteiger partial charge in [0.2, 0.25) is 5.91 Å². The Labute approximate surface area is 190 Å². The van der Waals surface area contributed by atoms with E-state index in [-0.39, 0.29) is 17.2 Å². The first-order chi connectivity index (χ1) is 15.1. The smallest absolute Gasteiger partial charge is 0.266 e. The topological polar surface area (TPSA) is 64.0 Å². The van der Waals surface area contributed by atoms with E-state index in [1.54, 1.807) is 30.3 Å². The van der Waals surface area contributed by atoms with Gasteiger partial charge >= 0.3 is 0 Å². The van der Waals surface area contributed by atoms with Gasteiger partial charge in [0, 0.05) is 11.6 Å². The van der Waals surface area contributed by atoms with Crippen molar-refractivity contribution in [2.24, 2.45) is 0 Å². The molecule has 1 aliphatic carbocycles. The molecule has 1 aromatic heterocycles.